The van der Waals surface area contributed by atoms with Crippen LogP contribution in [-0.2, 0) is 6.54 Å². The molecule has 3 nitrogen and oxygen atoms in total. The van der Waals surface area contributed by atoms with Crippen molar-refractivity contribution in [1.29, 1.82) is 0 Å². The molecule has 0 amide bonds. The Labute approximate surface area is 105 Å². The van der Waals surface area contributed by atoms with Crippen molar-refractivity contribution >= 4 is 23.5 Å². The molecule has 1 aromatic rings. The molecular weight excluding hydrogens is 238 g/mol. The summed E-state index contributed by atoms with van der Waals surface area (Å²) in [5.74, 6) is 3.45. The van der Waals surface area contributed by atoms with E-state index < -0.39 is 0 Å². The summed E-state index contributed by atoms with van der Waals surface area (Å²) in [6.45, 7) is 3.09. The summed E-state index contributed by atoms with van der Waals surface area (Å²) in [5, 5.41) is 4.19. The number of hydrogen-bond acceptors (Lipinski definition) is 5. The Morgan fingerprint density at radius 2 is 2.25 bits per heavy atom. The molecule has 0 radical (unpaired) electrons. The van der Waals surface area contributed by atoms with Crippen LogP contribution in [0.4, 0.5) is 0 Å². The van der Waals surface area contributed by atoms with Gasteiger partial charge in [-0.3, -0.25) is 0 Å². The topological polar surface area (TPSA) is 37.8 Å². The van der Waals surface area contributed by atoms with Crippen LogP contribution >= 0.6 is 23.5 Å². The highest BCUT2D eigenvalue weighted by Gasteiger charge is 2.26. The molecule has 1 aliphatic heterocycles. The smallest absolute Gasteiger partial charge is 0.142 e. The van der Waals surface area contributed by atoms with Gasteiger partial charge >= 0.3 is 0 Å². The van der Waals surface area contributed by atoms with Crippen LogP contribution in [0.25, 0.3) is 0 Å². The lowest BCUT2D eigenvalue weighted by atomic mass is 10.3. The maximum Gasteiger partial charge on any atom is 0.142 e. The van der Waals surface area contributed by atoms with E-state index in [4.69, 9.17) is 0 Å². The molecule has 2 heterocycles. The minimum atomic E-state index is 0.454. The maximum absolute atomic E-state index is 4.63. The molecule has 0 aliphatic carbocycles. The fourth-order valence-corrected chi connectivity index (χ4v) is 4.44. The second-order valence-corrected chi connectivity index (χ2v) is 6.54. The molecule has 2 rings (SSSR count). The Morgan fingerprint density at radius 3 is 3.00 bits per heavy atom. The standard InChI is InChI=1S/C11H17N3S2/c1-8-10(16-6-5-15-8)11-13-4-3-9(14-11)7-12-2/h3-4,8,10,12H,5-7H2,1-2H3. The highest BCUT2D eigenvalue weighted by Crippen LogP contribution is 2.40. The van der Waals surface area contributed by atoms with Gasteiger partial charge in [0.2, 0.25) is 0 Å². The minimum Gasteiger partial charge on any atom is -0.314 e. The summed E-state index contributed by atoms with van der Waals surface area (Å²) < 4.78 is 0. The number of rotatable bonds is 3. The molecule has 88 valence electrons. The van der Waals surface area contributed by atoms with E-state index in [-0.39, 0.29) is 0 Å². The van der Waals surface area contributed by atoms with Crippen LogP contribution in [0.2, 0.25) is 0 Å². The van der Waals surface area contributed by atoms with E-state index in [1.807, 2.05) is 42.8 Å². The fraction of sp³-hybridized carbons (Fsp3) is 0.636. The molecular formula is C11H17N3S2. The van der Waals surface area contributed by atoms with Crippen molar-refractivity contribution in [3.63, 3.8) is 0 Å². The monoisotopic (exact) mass is 255 g/mol. The number of hydrogen-bond donors (Lipinski definition) is 1. The van der Waals surface area contributed by atoms with E-state index in [1.165, 1.54) is 11.5 Å². The molecule has 0 bridgehead atoms. The first kappa shape index (κ1) is 12.2. The van der Waals surface area contributed by atoms with Crippen molar-refractivity contribution in [1.82, 2.24) is 15.3 Å². The summed E-state index contributed by atoms with van der Waals surface area (Å²) in [6.07, 6.45) is 1.88. The lowest BCUT2D eigenvalue weighted by molar-refractivity contribution is 0.751. The van der Waals surface area contributed by atoms with Gasteiger partial charge in [0.05, 0.1) is 10.9 Å². The predicted molar refractivity (Wildman–Crippen MR) is 71.9 cm³/mol. The van der Waals surface area contributed by atoms with Crippen LogP contribution in [0.5, 0.6) is 0 Å². The summed E-state index contributed by atoms with van der Waals surface area (Å²) in [7, 11) is 1.94. The summed E-state index contributed by atoms with van der Waals surface area (Å²) in [4.78, 5) is 9.05. The maximum atomic E-state index is 4.63. The minimum absolute atomic E-state index is 0.454. The van der Waals surface area contributed by atoms with Gasteiger partial charge in [-0.2, -0.15) is 11.8 Å². The van der Waals surface area contributed by atoms with E-state index in [9.17, 15) is 0 Å². The molecule has 2 atom stereocenters. The molecule has 1 aromatic heterocycles. The fourth-order valence-electron chi connectivity index (χ4n) is 1.75. The average Bonchev–Trinajstić information content (AvgIpc) is 2.30. The van der Waals surface area contributed by atoms with Gasteiger partial charge in [0.1, 0.15) is 5.82 Å². The third-order valence-electron chi connectivity index (χ3n) is 2.53. The van der Waals surface area contributed by atoms with Crippen LogP contribution in [0.15, 0.2) is 12.3 Å². The van der Waals surface area contributed by atoms with Crippen molar-refractivity contribution in [3.05, 3.63) is 23.8 Å². The number of nitrogens with one attached hydrogen (secondary N) is 1. The zero-order valence-electron chi connectivity index (χ0n) is 9.64. The molecule has 1 fully saturated rings. The van der Waals surface area contributed by atoms with Crippen molar-refractivity contribution in [2.75, 3.05) is 18.6 Å². The Morgan fingerprint density at radius 1 is 1.44 bits per heavy atom. The average molecular weight is 255 g/mol. The predicted octanol–water partition coefficient (Wildman–Crippen LogP) is 2.11. The molecule has 1 aliphatic rings. The van der Waals surface area contributed by atoms with E-state index in [2.05, 4.69) is 22.2 Å². The van der Waals surface area contributed by atoms with Crippen molar-refractivity contribution in [2.45, 2.75) is 24.0 Å². The van der Waals surface area contributed by atoms with E-state index in [0.717, 1.165) is 18.1 Å². The number of thioether (sulfide) groups is 2. The van der Waals surface area contributed by atoms with Crippen LogP contribution in [0, 0.1) is 0 Å². The molecule has 1 saturated heterocycles. The molecule has 0 spiro atoms. The molecule has 2 unspecified atom stereocenters. The lowest BCUT2D eigenvalue weighted by Gasteiger charge is -2.26. The van der Waals surface area contributed by atoms with Crippen LogP contribution in [0.1, 0.15) is 23.7 Å². The molecule has 0 saturated carbocycles. The molecule has 0 aromatic carbocycles. The Balaban J connectivity index is 2.15. The first-order valence-electron chi connectivity index (χ1n) is 5.51. The largest absolute Gasteiger partial charge is 0.314 e. The number of aromatic nitrogens is 2. The highest BCUT2D eigenvalue weighted by molar-refractivity contribution is 8.06. The van der Waals surface area contributed by atoms with Gasteiger partial charge in [0.15, 0.2) is 0 Å². The van der Waals surface area contributed by atoms with Crippen molar-refractivity contribution < 1.29 is 0 Å². The van der Waals surface area contributed by atoms with Gasteiger partial charge in [0.25, 0.3) is 0 Å². The second-order valence-electron chi connectivity index (χ2n) is 3.80. The second kappa shape index (κ2) is 5.89. The summed E-state index contributed by atoms with van der Waals surface area (Å²) >= 11 is 4.01. The quantitative estimate of drug-likeness (QED) is 0.895. The van der Waals surface area contributed by atoms with Gasteiger partial charge in [-0.15, -0.1) is 11.8 Å². The highest BCUT2D eigenvalue weighted by atomic mass is 32.2. The van der Waals surface area contributed by atoms with Gasteiger partial charge in [-0.05, 0) is 13.1 Å². The first-order valence-corrected chi connectivity index (χ1v) is 7.60. The summed E-state index contributed by atoms with van der Waals surface area (Å²) in [5.41, 5.74) is 1.08. The van der Waals surface area contributed by atoms with E-state index >= 15 is 0 Å². The Bertz CT molecular complexity index is 346. The molecule has 5 heteroatoms. The summed E-state index contributed by atoms with van der Waals surface area (Å²) in [6, 6.07) is 1.98. The zero-order chi connectivity index (χ0) is 11.4. The molecule has 16 heavy (non-hydrogen) atoms. The van der Waals surface area contributed by atoms with Gasteiger partial charge < -0.3 is 5.32 Å². The van der Waals surface area contributed by atoms with Crippen molar-refractivity contribution in [3.8, 4) is 0 Å². The Kier molecular flexibility index (Phi) is 4.49. The molecule has 1 N–H and O–H groups in total. The zero-order valence-corrected chi connectivity index (χ0v) is 11.3. The first-order chi connectivity index (χ1) is 7.81. The van der Waals surface area contributed by atoms with Crippen LogP contribution in [0.3, 0.4) is 0 Å². The van der Waals surface area contributed by atoms with Gasteiger partial charge in [0, 0.05) is 29.5 Å². The van der Waals surface area contributed by atoms with Crippen LogP contribution in [-0.4, -0.2) is 33.8 Å². The van der Waals surface area contributed by atoms with Crippen LogP contribution < -0.4 is 5.32 Å². The van der Waals surface area contributed by atoms with E-state index in [0.29, 0.717) is 10.5 Å². The van der Waals surface area contributed by atoms with E-state index in [1.54, 1.807) is 0 Å². The third kappa shape index (κ3) is 2.90. The normalized spacial score (nSPS) is 25.6. The lowest BCUT2D eigenvalue weighted by Crippen LogP contribution is -2.19. The third-order valence-corrected chi connectivity index (χ3v) is 5.62. The SMILES string of the molecule is CNCc1ccnc(C2SCCSC2C)n1. The van der Waals surface area contributed by atoms with Crippen molar-refractivity contribution in [2.24, 2.45) is 0 Å². The Hall–Kier alpha value is -0.260. The van der Waals surface area contributed by atoms with Gasteiger partial charge in [-0.1, -0.05) is 6.92 Å². The number of nitrogens with zero attached hydrogens (tertiary/aromatic N) is 2. The van der Waals surface area contributed by atoms with Gasteiger partial charge in [-0.25, -0.2) is 9.97 Å².